The van der Waals surface area contributed by atoms with Crippen LogP contribution in [0.15, 0.2) is 0 Å². The number of nitrogens with zero attached hydrogens (tertiary/aromatic N) is 1. The molecule has 1 fully saturated rings. The molecule has 0 radical (unpaired) electrons. The highest BCUT2D eigenvalue weighted by atomic mass is 16.6. The zero-order valence-corrected chi connectivity index (χ0v) is 10.6. The maximum atomic E-state index is 11.8. The Balaban J connectivity index is 2.73. The van der Waals surface area contributed by atoms with Crippen molar-refractivity contribution in [3.05, 3.63) is 0 Å². The number of methoxy groups -OCH3 is 1. The smallest absolute Gasteiger partial charge is 0.444 e. The number of esters is 1. The van der Waals surface area contributed by atoms with E-state index in [4.69, 9.17) is 9.47 Å². The number of rotatable bonds is 1. The molecule has 0 aliphatic carbocycles. The minimum absolute atomic E-state index is 0.132. The van der Waals surface area contributed by atoms with Crippen molar-refractivity contribution in [1.29, 1.82) is 0 Å². The van der Waals surface area contributed by atoms with Crippen molar-refractivity contribution in [2.45, 2.75) is 44.9 Å². The summed E-state index contributed by atoms with van der Waals surface area (Å²) >= 11 is 0. The van der Waals surface area contributed by atoms with Crippen LogP contribution in [0.25, 0.3) is 0 Å². The molecule has 1 aliphatic rings. The van der Waals surface area contributed by atoms with Crippen molar-refractivity contribution in [1.82, 2.24) is 4.90 Å². The highest BCUT2D eigenvalue weighted by Gasteiger charge is 2.45. The number of likely N-dealkylation sites (tertiary alicyclic amines) is 1. The topological polar surface area (TPSA) is 80.4 Å². The zero-order chi connectivity index (χ0) is 13.2. The van der Waals surface area contributed by atoms with E-state index >= 15 is 0 Å². The summed E-state index contributed by atoms with van der Waals surface area (Å²) in [6, 6.07) is -0.648. The van der Waals surface area contributed by atoms with E-state index in [0.717, 1.165) is 0 Å². The van der Waals surface area contributed by atoms with Gasteiger partial charge in [0.1, 0.15) is 5.60 Å². The van der Waals surface area contributed by atoms with Gasteiger partial charge in [-0.3, -0.25) is 4.90 Å². The number of carbonyl (C=O) groups is 1. The van der Waals surface area contributed by atoms with Crippen molar-refractivity contribution >= 4 is 12.1 Å². The molecule has 0 spiro atoms. The molecule has 2 N–H and O–H groups in total. The van der Waals surface area contributed by atoms with E-state index in [1.807, 2.05) is 0 Å². The van der Waals surface area contributed by atoms with Crippen LogP contribution < -0.4 is 0 Å². The van der Waals surface area contributed by atoms with Crippen LogP contribution in [0.4, 0.5) is 4.79 Å². The molecule has 1 amide bonds. The monoisotopic (exact) mass is 246 g/mol. The van der Waals surface area contributed by atoms with Gasteiger partial charge in [-0.2, -0.15) is 0 Å². The van der Waals surface area contributed by atoms with E-state index in [9.17, 15) is 14.7 Å². The second-order valence-corrected chi connectivity index (χ2v) is 5.08. The Morgan fingerprint density at radius 2 is 2.06 bits per heavy atom. The van der Waals surface area contributed by atoms with Crippen LogP contribution in [0, 0.1) is 0 Å². The highest BCUT2D eigenvalue weighted by molar-refractivity contribution is 5.83. The van der Waals surface area contributed by atoms with Crippen molar-refractivity contribution in [3.8, 4) is 0 Å². The fourth-order valence-electron chi connectivity index (χ4n) is 1.71. The molecule has 1 aliphatic heterocycles. The van der Waals surface area contributed by atoms with Gasteiger partial charge in [-0.1, -0.05) is 0 Å². The predicted molar refractivity (Wildman–Crippen MR) is 61.3 cm³/mol. The Labute approximate surface area is 100 Å². The molecule has 0 aromatic heterocycles. The molecule has 98 valence electrons. The number of amides is 1. The quantitative estimate of drug-likeness (QED) is 0.540. The van der Waals surface area contributed by atoms with Crippen LogP contribution in [0.3, 0.4) is 0 Å². The SMILES string of the molecule is COC(=[OH+])[C@@H]1C[C@H](O)CN1C(=O)OC(C)(C)C. The molecule has 0 unspecified atom stereocenters. The van der Waals surface area contributed by atoms with E-state index in [1.165, 1.54) is 12.0 Å². The number of hydrogen-bond donors (Lipinski definition) is 1. The third kappa shape index (κ3) is 3.59. The fraction of sp³-hybridized carbons (Fsp3) is 0.818. The predicted octanol–water partition coefficient (Wildman–Crippen LogP) is 0.505. The van der Waals surface area contributed by atoms with Gasteiger partial charge in [0.25, 0.3) is 0 Å². The Bertz CT molecular complexity index is 309. The molecule has 6 nitrogen and oxygen atoms in total. The first-order valence-corrected chi connectivity index (χ1v) is 5.52. The summed E-state index contributed by atoms with van der Waals surface area (Å²) in [4.78, 5) is 22.6. The van der Waals surface area contributed by atoms with Gasteiger partial charge in [0.15, 0.2) is 13.2 Å². The number of aliphatic hydroxyl groups is 1. The van der Waals surface area contributed by atoms with Crippen LogP contribution in [0.5, 0.6) is 0 Å². The molecule has 0 bridgehead atoms. The largest absolute Gasteiger partial charge is 0.506 e. The average Bonchev–Trinajstić information content (AvgIpc) is 2.56. The summed E-state index contributed by atoms with van der Waals surface area (Å²) in [6.45, 7) is 5.40. The summed E-state index contributed by atoms with van der Waals surface area (Å²) in [5.74, 6) is -0.285. The maximum Gasteiger partial charge on any atom is 0.506 e. The van der Waals surface area contributed by atoms with Crippen LogP contribution in [-0.4, -0.2) is 58.3 Å². The molecule has 2 atom stereocenters. The van der Waals surface area contributed by atoms with E-state index in [-0.39, 0.29) is 18.9 Å². The van der Waals surface area contributed by atoms with Crippen LogP contribution in [0.2, 0.25) is 0 Å². The average molecular weight is 246 g/mol. The lowest BCUT2D eigenvalue weighted by molar-refractivity contribution is 0.0228. The van der Waals surface area contributed by atoms with Gasteiger partial charge in [0.05, 0.1) is 12.6 Å². The standard InChI is InChI=1S/C11H19NO5/c1-11(2,3)17-10(15)12-6-7(13)5-8(12)9(14)16-4/h7-8,13H,5-6H2,1-4H3/p+1/t7-,8-/m0/s1. The zero-order valence-electron chi connectivity index (χ0n) is 10.6. The number of β-amino-alcohol motifs (C(OH)–C–C–N with tert-alkyl or cyclic N) is 1. The summed E-state index contributed by atoms with van der Waals surface area (Å²) < 4.78 is 9.90. The summed E-state index contributed by atoms with van der Waals surface area (Å²) in [5, 5.41) is 9.53. The van der Waals surface area contributed by atoms with Crippen molar-refractivity contribution in [3.63, 3.8) is 0 Å². The van der Waals surface area contributed by atoms with Gasteiger partial charge >= 0.3 is 12.1 Å². The molecule has 1 rings (SSSR count). The first-order chi connectivity index (χ1) is 7.74. The van der Waals surface area contributed by atoms with Gasteiger partial charge in [-0.05, 0) is 20.8 Å². The first kappa shape index (κ1) is 13.8. The molecular formula is C11H20NO5+. The number of carbonyl (C=O) groups excluding carboxylic acids is 2. The highest BCUT2D eigenvalue weighted by Crippen LogP contribution is 2.21. The second kappa shape index (κ2) is 4.91. The lowest BCUT2D eigenvalue weighted by Crippen LogP contribution is -2.44. The number of hydrogen-bond acceptors (Lipinski definition) is 4. The van der Waals surface area contributed by atoms with Crippen molar-refractivity contribution in [2.24, 2.45) is 0 Å². The third-order valence-electron chi connectivity index (χ3n) is 2.40. The van der Waals surface area contributed by atoms with Crippen molar-refractivity contribution < 1.29 is 24.2 Å². The van der Waals surface area contributed by atoms with Gasteiger partial charge in [-0.15, -0.1) is 0 Å². The lowest BCUT2D eigenvalue weighted by Gasteiger charge is -2.25. The minimum Gasteiger partial charge on any atom is -0.444 e. The van der Waals surface area contributed by atoms with E-state index < -0.39 is 23.8 Å². The fourth-order valence-corrected chi connectivity index (χ4v) is 1.71. The van der Waals surface area contributed by atoms with Crippen LogP contribution in [0.1, 0.15) is 27.2 Å². The van der Waals surface area contributed by atoms with E-state index in [2.05, 4.69) is 0 Å². The normalized spacial score (nSPS) is 24.6. The summed E-state index contributed by atoms with van der Waals surface area (Å²) in [5.41, 5.74) is -0.613. The molecular weight excluding hydrogens is 226 g/mol. The Morgan fingerprint density at radius 1 is 1.47 bits per heavy atom. The van der Waals surface area contributed by atoms with Gasteiger partial charge < -0.3 is 19.4 Å². The third-order valence-corrected chi connectivity index (χ3v) is 2.40. The number of ether oxygens (including phenoxy) is 2. The Kier molecular flexibility index (Phi) is 3.98. The maximum absolute atomic E-state index is 11.8. The number of aliphatic hydroxyl groups excluding tert-OH is 1. The van der Waals surface area contributed by atoms with Crippen LogP contribution in [-0.2, 0) is 9.47 Å². The molecule has 1 saturated heterocycles. The molecule has 17 heavy (non-hydrogen) atoms. The second-order valence-electron chi connectivity index (χ2n) is 5.08. The minimum atomic E-state index is -0.676. The van der Waals surface area contributed by atoms with Crippen molar-refractivity contribution in [2.75, 3.05) is 13.7 Å². The first-order valence-electron chi connectivity index (χ1n) is 5.52. The van der Waals surface area contributed by atoms with E-state index in [0.29, 0.717) is 0 Å². The van der Waals surface area contributed by atoms with Crippen LogP contribution >= 0.6 is 0 Å². The molecule has 0 aromatic carbocycles. The van der Waals surface area contributed by atoms with Gasteiger partial charge in [0, 0.05) is 6.42 Å². The summed E-state index contributed by atoms with van der Waals surface area (Å²) in [6.07, 6.45) is -0.994. The van der Waals surface area contributed by atoms with E-state index in [1.54, 1.807) is 20.8 Å². The Hall–Kier alpha value is -1.30. The summed E-state index contributed by atoms with van der Waals surface area (Å²) in [7, 11) is 1.31. The van der Waals surface area contributed by atoms with Gasteiger partial charge in [-0.25, -0.2) is 4.79 Å². The molecule has 0 saturated carbocycles. The molecule has 0 aromatic rings. The lowest BCUT2D eigenvalue weighted by atomic mass is 10.2. The molecule has 6 heteroatoms. The van der Waals surface area contributed by atoms with Gasteiger partial charge in [0.2, 0.25) is 0 Å². The molecule has 1 heterocycles. The Morgan fingerprint density at radius 3 is 2.53 bits per heavy atom.